The molecule has 1 amide bonds. The molecule has 5 N–H and O–H groups in total. The van der Waals surface area contributed by atoms with Crippen molar-refractivity contribution >= 4 is 42.0 Å². The lowest BCUT2D eigenvalue weighted by Gasteiger charge is -2.18. The van der Waals surface area contributed by atoms with Crippen LogP contribution < -0.4 is 16.4 Å². The lowest BCUT2D eigenvalue weighted by molar-refractivity contribution is -0.139. The summed E-state index contributed by atoms with van der Waals surface area (Å²) in [4.78, 5) is 24.4. The van der Waals surface area contributed by atoms with E-state index in [2.05, 4.69) is 23.3 Å². The largest absolute Gasteiger partial charge is 0.480 e. The van der Waals surface area contributed by atoms with Crippen LogP contribution in [-0.2, 0) is 4.79 Å². The number of anilines is 1. The van der Waals surface area contributed by atoms with E-state index in [4.69, 9.17) is 5.73 Å². The molecule has 0 radical (unpaired) electrons. The molecule has 0 spiro atoms. The molecule has 0 saturated heterocycles. The Morgan fingerprint density at radius 3 is 2.55 bits per heavy atom. The molecule has 2 aromatic rings. The molecule has 0 aromatic heterocycles. The molecule has 156 valence electrons. The molecule has 2 atom stereocenters. The molecule has 6 nitrogen and oxygen atoms in total. The van der Waals surface area contributed by atoms with Gasteiger partial charge < -0.3 is 21.5 Å². The minimum Gasteiger partial charge on any atom is -0.480 e. The number of carboxylic acids is 1. The summed E-state index contributed by atoms with van der Waals surface area (Å²) >= 11 is 5.73. The van der Waals surface area contributed by atoms with E-state index in [0.717, 1.165) is 16.8 Å². The van der Waals surface area contributed by atoms with Gasteiger partial charge in [-0.2, -0.15) is 24.4 Å². The number of carbonyl (C=O) groups is 2. The maximum absolute atomic E-state index is 12.9. The summed E-state index contributed by atoms with van der Waals surface area (Å²) in [6.07, 6.45) is 2.27. The van der Waals surface area contributed by atoms with Crippen molar-refractivity contribution in [3.63, 3.8) is 0 Å². The van der Waals surface area contributed by atoms with Gasteiger partial charge in [-0.05, 0) is 47.8 Å². The Bertz CT molecular complexity index is 818. The fraction of sp³-hybridized carbons (Fsp3) is 0.333. The Hall–Kier alpha value is -2.16. The molecule has 0 aliphatic heterocycles. The first kappa shape index (κ1) is 23.1. The Morgan fingerprint density at radius 1 is 1.21 bits per heavy atom. The number of hydrogen-bond acceptors (Lipinski definition) is 6. The SMILES string of the molecule is CSCCC(NC(=O)c1ccc(NC[C@@H](N)CS)cc1-c1ccccc1)C(=O)O. The van der Waals surface area contributed by atoms with Gasteiger partial charge in [0.05, 0.1) is 0 Å². The summed E-state index contributed by atoms with van der Waals surface area (Å²) in [6.45, 7) is 0.555. The second-order valence-electron chi connectivity index (χ2n) is 6.60. The quantitative estimate of drug-likeness (QED) is 0.349. The average molecular weight is 434 g/mol. The first-order chi connectivity index (χ1) is 14.0. The molecule has 0 bridgehead atoms. The molecule has 1 unspecified atom stereocenters. The first-order valence-electron chi connectivity index (χ1n) is 9.28. The zero-order valence-electron chi connectivity index (χ0n) is 16.3. The third-order valence-electron chi connectivity index (χ3n) is 4.37. The maximum Gasteiger partial charge on any atom is 0.326 e. The summed E-state index contributed by atoms with van der Waals surface area (Å²) in [5.41, 5.74) is 8.76. The van der Waals surface area contributed by atoms with Gasteiger partial charge in [-0.3, -0.25) is 4.79 Å². The molecule has 0 saturated carbocycles. The highest BCUT2D eigenvalue weighted by Gasteiger charge is 2.22. The highest BCUT2D eigenvalue weighted by atomic mass is 32.2. The van der Waals surface area contributed by atoms with E-state index < -0.39 is 17.9 Å². The smallest absolute Gasteiger partial charge is 0.326 e. The van der Waals surface area contributed by atoms with Crippen molar-refractivity contribution < 1.29 is 14.7 Å². The van der Waals surface area contributed by atoms with Crippen molar-refractivity contribution in [3.05, 3.63) is 54.1 Å². The molecule has 2 aromatic carbocycles. The Labute approximate surface area is 181 Å². The van der Waals surface area contributed by atoms with Gasteiger partial charge in [-0.15, -0.1) is 0 Å². The standard InChI is InChI=1S/C21H27N3O3S2/c1-29-10-9-19(21(26)27)24-20(25)17-8-7-16(23-12-15(22)13-28)11-18(17)14-5-3-2-4-6-14/h2-8,11,15,19,23,28H,9-10,12-13,22H2,1H3,(H,24,25)(H,26,27)/t15-,19?/m1/s1. The first-order valence-corrected chi connectivity index (χ1v) is 11.3. The van der Waals surface area contributed by atoms with Crippen LogP contribution in [0, 0.1) is 0 Å². The number of amides is 1. The number of carboxylic acid groups (broad SMARTS) is 1. The van der Waals surface area contributed by atoms with Crippen molar-refractivity contribution in [1.82, 2.24) is 5.32 Å². The van der Waals surface area contributed by atoms with Crippen molar-refractivity contribution in [2.24, 2.45) is 5.73 Å². The maximum atomic E-state index is 12.9. The normalized spacial score (nSPS) is 12.8. The van der Waals surface area contributed by atoms with Gasteiger partial charge in [-0.1, -0.05) is 30.3 Å². The average Bonchev–Trinajstić information content (AvgIpc) is 2.74. The number of aliphatic carboxylic acids is 1. The number of carbonyl (C=O) groups excluding carboxylic acids is 1. The molecule has 8 heteroatoms. The number of nitrogens with one attached hydrogen (secondary N) is 2. The van der Waals surface area contributed by atoms with E-state index in [1.165, 1.54) is 0 Å². The number of thioether (sulfide) groups is 1. The van der Waals surface area contributed by atoms with Gasteiger partial charge in [0, 0.05) is 29.6 Å². The fourth-order valence-electron chi connectivity index (χ4n) is 2.75. The lowest BCUT2D eigenvalue weighted by atomic mass is 9.98. The van der Waals surface area contributed by atoms with E-state index in [1.54, 1.807) is 23.9 Å². The highest BCUT2D eigenvalue weighted by molar-refractivity contribution is 7.98. The van der Waals surface area contributed by atoms with Crippen LogP contribution in [0.1, 0.15) is 16.8 Å². The number of thiol groups is 1. The Balaban J connectivity index is 2.31. The van der Waals surface area contributed by atoms with Crippen LogP contribution >= 0.6 is 24.4 Å². The summed E-state index contributed by atoms with van der Waals surface area (Å²) < 4.78 is 0. The van der Waals surface area contributed by atoms with E-state index in [9.17, 15) is 14.7 Å². The molecule has 0 aliphatic rings. The minimum absolute atomic E-state index is 0.0887. The van der Waals surface area contributed by atoms with Gasteiger partial charge in [-0.25, -0.2) is 4.79 Å². The fourth-order valence-corrected chi connectivity index (χ4v) is 3.35. The van der Waals surface area contributed by atoms with Crippen LogP contribution in [0.5, 0.6) is 0 Å². The second kappa shape index (κ2) is 11.7. The third kappa shape index (κ3) is 6.99. The van der Waals surface area contributed by atoms with E-state index in [0.29, 0.717) is 30.0 Å². The number of nitrogens with two attached hydrogens (primary N) is 1. The second-order valence-corrected chi connectivity index (χ2v) is 7.95. The van der Waals surface area contributed by atoms with E-state index >= 15 is 0 Å². The summed E-state index contributed by atoms with van der Waals surface area (Å²) in [5, 5.41) is 15.3. The zero-order chi connectivity index (χ0) is 21.2. The van der Waals surface area contributed by atoms with Crippen molar-refractivity contribution in [1.29, 1.82) is 0 Å². The predicted octanol–water partition coefficient (Wildman–Crippen LogP) is 2.96. The topological polar surface area (TPSA) is 104 Å². The Morgan fingerprint density at radius 2 is 1.93 bits per heavy atom. The van der Waals surface area contributed by atoms with E-state index in [-0.39, 0.29) is 6.04 Å². The van der Waals surface area contributed by atoms with Gasteiger partial charge in [0.1, 0.15) is 6.04 Å². The molecular formula is C21H27N3O3S2. The summed E-state index contributed by atoms with van der Waals surface area (Å²) in [7, 11) is 0. The van der Waals surface area contributed by atoms with Crippen molar-refractivity contribution in [3.8, 4) is 11.1 Å². The minimum atomic E-state index is -1.03. The monoisotopic (exact) mass is 433 g/mol. The van der Waals surface area contributed by atoms with Crippen molar-refractivity contribution in [2.45, 2.75) is 18.5 Å². The highest BCUT2D eigenvalue weighted by Crippen LogP contribution is 2.27. The van der Waals surface area contributed by atoms with E-state index in [1.807, 2.05) is 42.7 Å². The lowest BCUT2D eigenvalue weighted by Crippen LogP contribution is -2.41. The molecule has 2 rings (SSSR count). The van der Waals surface area contributed by atoms with Crippen LogP contribution in [-0.4, -0.2) is 53.4 Å². The molecule has 0 fully saturated rings. The summed E-state index contributed by atoms with van der Waals surface area (Å²) in [5.74, 6) is -0.230. The Kier molecular flexibility index (Phi) is 9.37. The molecule has 0 aliphatic carbocycles. The van der Waals surface area contributed by atoms with Crippen LogP contribution in [0.25, 0.3) is 11.1 Å². The number of benzene rings is 2. The van der Waals surface area contributed by atoms with Crippen LogP contribution in [0.4, 0.5) is 5.69 Å². The zero-order valence-corrected chi connectivity index (χ0v) is 18.0. The van der Waals surface area contributed by atoms with Crippen LogP contribution in [0.15, 0.2) is 48.5 Å². The van der Waals surface area contributed by atoms with Crippen molar-refractivity contribution in [2.75, 3.05) is 29.6 Å². The molecular weight excluding hydrogens is 406 g/mol. The van der Waals surface area contributed by atoms with Gasteiger partial charge in [0.2, 0.25) is 0 Å². The summed E-state index contributed by atoms with van der Waals surface area (Å²) in [6, 6.07) is 13.9. The number of hydrogen-bond donors (Lipinski definition) is 5. The third-order valence-corrected chi connectivity index (χ3v) is 5.48. The molecule has 0 heterocycles. The predicted molar refractivity (Wildman–Crippen MR) is 124 cm³/mol. The molecule has 29 heavy (non-hydrogen) atoms. The van der Waals surface area contributed by atoms with Crippen LogP contribution in [0.2, 0.25) is 0 Å². The van der Waals surface area contributed by atoms with Crippen LogP contribution in [0.3, 0.4) is 0 Å². The van der Waals surface area contributed by atoms with Gasteiger partial charge in [0.15, 0.2) is 0 Å². The van der Waals surface area contributed by atoms with Gasteiger partial charge in [0.25, 0.3) is 5.91 Å². The number of rotatable bonds is 11. The van der Waals surface area contributed by atoms with Gasteiger partial charge >= 0.3 is 5.97 Å².